The average molecular weight is 570 g/mol. The number of nitrogens with zero attached hydrogens (tertiary/aromatic N) is 1. The van der Waals surface area contributed by atoms with Crippen molar-refractivity contribution in [1.82, 2.24) is 15.3 Å². The topological polar surface area (TPSA) is 84.1 Å². The van der Waals surface area contributed by atoms with Crippen LogP contribution in [0.25, 0.3) is 11.4 Å². The number of carbonyl (C=O) groups is 1. The first-order valence-electron chi connectivity index (χ1n) is 12.2. The molecule has 0 bridgehead atoms. The molecule has 1 fully saturated rings. The summed E-state index contributed by atoms with van der Waals surface area (Å²) in [4.78, 5) is 30.0. The van der Waals surface area contributed by atoms with Crippen molar-refractivity contribution < 1.29 is 31.5 Å². The Hall–Kier alpha value is -3.31. The molecule has 1 amide bonds. The lowest BCUT2D eigenvalue weighted by molar-refractivity contribution is -0.137. The maximum Gasteiger partial charge on any atom is 0.417 e. The van der Waals surface area contributed by atoms with Crippen molar-refractivity contribution in [3.63, 3.8) is 0 Å². The van der Waals surface area contributed by atoms with E-state index in [4.69, 9.17) is 16.3 Å². The number of carbonyl (C=O) groups excluding carboxylic acids is 1. The van der Waals surface area contributed by atoms with Crippen molar-refractivity contribution >= 4 is 17.5 Å². The smallest absolute Gasteiger partial charge is 0.374 e. The van der Waals surface area contributed by atoms with Gasteiger partial charge in [0, 0.05) is 23.0 Å². The summed E-state index contributed by atoms with van der Waals surface area (Å²) in [5.41, 5.74) is -3.47. The molecule has 0 atom stereocenters. The van der Waals surface area contributed by atoms with Gasteiger partial charge in [-0.25, -0.2) is 9.37 Å². The van der Waals surface area contributed by atoms with E-state index in [9.17, 15) is 27.2 Å². The van der Waals surface area contributed by atoms with Crippen molar-refractivity contribution in [2.45, 2.75) is 58.0 Å². The second-order valence-electron chi connectivity index (χ2n) is 9.40. The van der Waals surface area contributed by atoms with Gasteiger partial charge in [0.1, 0.15) is 11.6 Å². The van der Waals surface area contributed by atoms with E-state index in [1.54, 1.807) is 12.1 Å². The number of benzene rings is 2. The molecule has 4 rings (SSSR count). The second-order valence-corrected chi connectivity index (χ2v) is 9.84. The number of ether oxygens (including phenoxy) is 1. The van der Waals surface area contributed by atoms with Gasteiger partial charge in [0.25, 0.3) is 5.56 Å². The number of rotatable bonds is 7. The molecule has 1 saturated carbocycles. The van der Waals surface area contributed by atoms with E-state index in [0.29, 0.717) is 43.4 Å². The highest BCUT2D eigenvalue weighted by Gasteiger charge is 2.37. The fourth-order valence-corrected chi connectivity index (χ4v) is 4.65. The molecule has 1 aliphatic rings. The number of hydrogen-bond acceptors (Lipinski definition) is 4. The number of amides is 1. The first-order valence-corrected chi connectivity index (χ1v) is 12.6. The van der Waals surface area contributed by atoms with Crippen LogP contribution in [0, 0.1) is 24.5 Å². The minimum absolute atomic E-state index is 0.0199. The number of alkyl halides is 3. The van der Waals surface area contributed by atoms with E-state index in [1.807, 2.05) is 17.1 Å². The predicted molar refractivity (Wildman–Crippen MR) is 134 cm³/mol. The van der Waals surface area contributed by atoms with Gasteiger partial charge >= 0.3 is 6.18 Å². The summed E-state index contributed by atoms with van der Waals surface area (Å²) in [7, 11) is 0. The zero-order valence-corrected chi connectivity index (χ0v) is 21.6. The van der Waals surface area contributed by atoms with Crippen LogP contribution in [-0.2, 0) is 28.9 Å². The van der Waals surface area contributed by atoms with Crippen molar-refractivity contribution in [2.24, 2.45) is 5.92 Å². The lowest BCUT2D eigenvalue weighted by Crippen LogP contribution is -2.34. The van der Waals surface area contributed by atoms with Gasteiger partial charge in [0.05, 0.1) is 29.5 Å². The Morgan fingerprint density at radius 1 is 1.08 bits per heavy atom. The van der Waals surface area contributed by atoms with Crippen LogP contribution in [0.5, 0.6) is 0 Å². The van der Waals surface area contributed by atoms with Crippen LogP contribution in [-0.4, -0.2) is 22.0 Å². The van der Waals surface area contributed by atoms with E-state index in [-0.39, 0.29) is 30.0 Å². The maximum absolute atomic E-state index is 15.4. The van der Waals surface area contributed by atoms with Crippen LogP contribution in [0.2, 0.25) is 5.02 Å². The molecule has 6 nitrogen and oxygen atoms in total. The second kappa shape index (κ2) is 11.8. The van der Waals surface area contributed by atoms with E-state index >= 15 is 4.39 Å². The van der Waals surface area contributed by atoms with Crippen LogP contribution in [0.3, 0.4) is 0 Å². The van der Waals surface area contributed by atoms with Gasteiger partial charge in [0.2, 0.25) is 11.7 Å². The first-order chi connectivity index (χ1) is 18.4. The molecule has 1 heterocycles. The number of hydrogen-bond donors (Lipinski definition) is 2. The van der Waals surface area contributed by atoms with Gasteiger partial charge in [0.15, 0.2) is 0 Å². The fourth-order valence-electron chi connectivity index (χ4n) is 4.53. The van der Waals surface area contributed by atoms with Crippen molar-refractivity contribution in [3.05, 3.63) is 85.8 Å². The van der Waals surface area contributed by atoms with E-state index < -0.39 is 46.0 Å². The Morgan fingerprint density at radius 3 is 2.36 bits per heavy atom. The summed E-state index contributed by atoms with van der Waals surface area (Å²) in [6.07, 6.45) is -2.63. The summed E-state index contributed by atoms with van der Waals surface area (Å²) in [5, 5.41) is 3.22. The number of H-pyrrole nitrogens is 1. The van der Waals surface area contributed by atoms with Gasteiger partial charge in [-0.05, 0) is 56.4 Å². The van der Waals surface area contributed by atoms with Gasteiger partial charge in [-0.3, -0.25) is 9.59 Å². The predicted octanol–water partition coefficient (Wildman–Crippen LogP) is 6.09. The minimum atomic E-state index is -4.98. The summed E-state index contributed by atoms with van der Waals surface area (Å²) < 4.78 is 75.9. The summed E-state index contributed by atoms with van der Waals surface area (Å²) >= 11 is 5.88. The quantitative estimate of drug-likeness (QED) is 0.337. The van der Waals surface area contributed by atoms with Crippen LogP contribution < -0.4 is 10.9 Å². The van der Waals surface area contributed by atoms with Crippen LogP contribution in [0.15, 0.2) is 41.2 Å². The van der Waals surface area contributed by atoms with E-state index in [1.165, 1.54) is 0 Å². The highest BCUT2D eigenvalue weighted by atomic mass is 35.5. The number of halogens is 6. The van der Waals surface area contributed by atoms with Gasteiger partial charge in [-0.1, -0.05) is 29.8 Å². The Labute approximate surface area is 225 Å². The van der Waals surface area contributed by atoms with E-state index in [0.717, 1.165) is 18.6 Å². The summed E-state index contributed by atoms with van der Waals surface area (Å²) in [6, 6.07) is 8.86. The zero-order chi connectivity index (χ0) is 28.3. The normalized spacial score (nSPS) is 17.7. The fraction of sp³-hybridized carbons (Fsp3) is 0.370. The largest absolute Gasteiger partial charge is 0.417 e. The van der Waals surface area contributed by atoms with Crippen LogP contribution >= 0.6 is 11.6 Å². The molecule has 0 saturated heterocycles. The Balaban J connectivity index is 1.41. The zero-order valence-electron chi connectivity index (χ0n) is 20.8. The minimum Gasteiger partial charge on any atom is -0.374 e. The molecule has 39 heavy (non-hydrogen) atoms. The summed E-state index contributed by atoms with van der Waals surface area (Å²) in [6.45, 7) is 1.12. The Kier molecular flexibility index (Phi) is 8.70. The monoisotopic (exact) mass is 569 g/mol. The molecule has 0 aliphatic heterocycles. The molecular weight excluding hydrogens is 545 g/mol. The lowest BCUT2D eigenvalue weighted by Gasteiger charge is -2.28. The molecule has 12 heteroatoms. The highest BCUT2D eigenvalue weighted by molar-refractivity contribution is 6.30. The molecule has 0 unspecified atom stereocenters. The third-order valence-electron chi connectivity index (χ3n) is 6.69. The van der Waals surface area contributed by atoms with Gasteiger partial charge in [-0.2, -0.15) is 17.6 Å². The third-order valence-corrected chi connectivity index (χ3v) is 6.94. The third kappa shape index (κ3) is 6.83. The average Bonchev–Trinajstić information content (AvgIpc) is 2.90. The SMILES string of the molecule is Cc1nc(-c2c(C(F)(F)F)ccc(CNC(=O)C3CCC(OCc4ccc(Cl)cc4)CC3)c2F)[nH]c(=O)c1F. The Morgan fingerprint density at radius 2 is 1.74 bits per heavy atom. The molecule has 0 spiro atoms. The molecular formula is C27H25ClF5N3O3. The standard InChI is InChI=1S/C27H25ClF5N3O3/c1-14-22(29)26(38)36-24(35-14)21-20(27(31,32)33)11-6-17(23(21)30)12-34-25(37)16-4-9-19(10-5-16)39-13-15-2-7-18(28)8-3-15/h2-3,6-8,11,16,19H,4-5,9-10,12-13H2,1H3,(H,34,37)(H,35,36,38). The Bertz CT molecular complexity index is 1400. The van der Waals surface area contributed by atoms with Gasteiger partial charge in [-0.15, -0.1) is 0 Å². The number of aryl methyl sites for hydroxylation is 1. The molecule has 0 radical (unpaired) electrons. The maximum atomic E-state index is 15.4. The highest BCUT2D eigenvalue weighted by Crippen LogP contribution is 2.38. The van der Waals surface area contributed by atoms with E-state index in [2.05, 4.69) is 10.3 Å². The number of nitrogens with one attached hydrogen (secondary N) is 2. The van der Waals surface area contributed by atoms with Crippen molar-refractivity contribution in [2.75, 3.05) is 0 Å². The molecule has 3 aromatic rings. The molecule has 2 aromatic carbocycles. The van der Waals surface area contributed by atoms with Crippen LogP contribution in [0.4, 0.5) is 22.0 Å². The first kappa shape index (κ1) is 28.7. The lowest BCUT2D eigenvalue weighted by atomic mass is 9.86. The number of aromatic nitrogens is 2. The molecule has 1 aromatic heterocycles. The summed E-state index contributed by atoms with van der Waals surface area (Å²) in [5.74, 6) is -4.06. The molecule has 2 N–H and O–H groups in total. The molecule has 208 valence electrons. The van der Waals surface area contributed by atoms with Crippen LogP contribution in [0.1, 0.15) is 48.1 Å². The molecule has 1 aliphatic carbocycles. The number of aromatic amines is 1. The van der Waals surface area contributed by atoms with Crippen molar-refractivity contribution in [1.29, 1.82) is 0 Å². The van der Waals surface area contributed by atoms with Crippen molar-refractivity contribution in [3.8, 4) is 11.4 Å². The van der Waals surface area contributed by atoms with Gasteiger partial charge < -0.3 is 15.0 Å².